The molecule has 4 nitrogen and oxygen atoms in total. The molecule has 104 valence electrons. The number of amides is 1. The molecule has 0 aliphatic carbocycles. The highest BCUT2D eigenvalue weighted by atomic mass is 79.9. The molecule has 1 rings (SSSR count). The van der Waals surface area contributed by atoms with Gasteiger partial charge in [-0.15, -0.1) is 0 Å². The number of carbonyl (C=O) groups is 2. The number of carbonyl (C=O) groups excluding carboxylic acids is 1. The summed E-state index contributed by atoms with van der Waals surface area (Å²) >= 11 is 3.32. The van der Waals surface area contributed by atoms with Crippen LogP contribution in [0, 0.1) is 12.8 Å². The molecule has 0 bridgehead atoms. The van der Waals surface area contributed by atoms with E-state index in [2.05, 4.69) is 21.2 Å². The van der Waals surface area contributed by atoms with Crippen LogP contribution in [0.1, 0.15) is 36.2 Å². The van der Waals surface area contributed by atoms with Crippen molar-refractivity contribution in [2.24, 2.45) is 5.92 Å². The summed E-state index contributed by atoms with van der Waals surface area (Å²) in [6.07, 6.45) is 0.689. The number of hydrogen-bond donors (Lipinski definition) is 2. The van der Waals surface area contributed by atoms with E-state index in [1.54, 1.807) is 12.1 Å². The second kappa shape index (κ2) is 6.70. The Hall–Kier alpha value is -1.36. The van der Waals surface area contributed by atoms with E-state index in [1.165, 1.54) is 0 Å². The van der Waals surface area contributed by atoms with Gasteiger partial charge in [0.2, 0.25) is 0 Å². The summed E-state index contributed by atoms with van der Waals surface area (Å²) in [5.41, 5.74) is 1.40. The van der Waals surface area contributed by atoms with Crippen LogP contribution in [0.25, 0.3) is 0 Å². The average molecular weight is 328 g/mol. The van der Waals surface area contributed by atoms with Gasteiger partial charge in [0.25, 0.3) is 5.91 Å². The molecule has 2 N–H and O–H groups in total. The van der Waals surface area contributed by atoms with Crippen molar-refractivity contribution in [1.82, 2.24) is 5.32 Å². The quantitative estimate of drug-likeness (QED) is 0.873. The minimum Gasteiger partial charge on any atom is -0.480 e. The zero-order valence-corrected chi connectivity index (χ0v) is 12.8. The van der Waals surface area contributed by atoms with Gasteiger partial charge in [-0.25, -0.2) is 4.79 Å². The minimum absolute atomic E-state index is 0.116. The molecule has 19 heavy (non-hydrogen) atoms. The van der Waals surface area contributed by atoms with Gasteiger partial charge in [0, 0.05) is 10.0 Å². The third-order valence-corrected chi connectivity index (χ3v) is 3.53. The number of halogens is 1. The zero-order chi connectivity index (χ0) is 14.6. The number of rotatable bonds is 5. The lowest BCUT2D eigenvalue weighted by molar-refractivity contribution is -0.140. The number of aryl methyl sites for hydroxylation is 1. The van der Waals surface area contributed by atoms with Crippen LogP contribution in [0.4, 0.5) is 0 Å². The Morgan fingerprint density at radius 1 is 1.37 bits per heavy atom. The Labute approximate surface area is 121 Å². The van der Waals surface area contributed by atoms with E-state index < -0.39 is 12.0 Å². The summed E-state index contributed by atoms with van der Waals surface area (Å²) in [7, 11) is 0. The lowest BCUT2D eigenvalue weighted by Gasteiger charge is -2.20. The molecular weight excluding hydrogens is 310 g/mol. The molecule has 0 aromatic heterocycles. The normalized spacial score (nSPS) is 13.7. The van der Waals surface area contributed by atoms with Crippen LogP contribution in [-0.4, -0.2) is 23.0 Å². The maximum Gasteiger partial charge on any atom is 0.326 e. The van der Waals surface area contributed by atoms with Gasteiger partial charge in [0.05, 0.1) is 0 Å². The summed E-state index contributed by atoms with van der Waals surface area (Å²) in [5, 5.41) is 11.7. The molecule has 0 spiro atoms. The van der Waals surface area contributed by atoms with Crippen molar-refractivity contribution in [2.45, 2.75) is 33.2 Å². The van der Waals surface area contributed by atoms with Crippen molar-refractivity contribution in [3.63, 3.8) is 0 Å². The monoisotopic (exact) mass is 327 g/mol. The Kier molecular flexibility index (Phi) is 5.54. The second-order valence-corrected chi connectivity index (χ2v) is 5.61. The van der Waals surface area contributed by atoms with Crippen molar-refractivity contribution in [3.05, 3.63) is 33.8 Å². The Morgan fingerprint density at radius 2 is 2.00 bits per heavy atom. The van der Waals surface area contributed by atoms with Crippen LogP contribution in [0.15, 0.2) is 22.7 Å². The standard InChI is InChI=1S/C14H18BrNO3/c1-4-9(3)12(14(18)19)16-13(17)10-5-8(2)6-11(15)7-10/h5-7,9,12H,4H2,1-3H3,(H,16,17)(H,18,19). The van der Waals surface area contributed by atoms with E-state index in [-0.39, 0.29) is 11.8 Å². The van der Waals surface area contributed by atoms with E-state index in [1.807, 2.05) is 26.8 Å². The third-order valence-electron chi connectivity index (χ3n) is 3.07. The summed E-state index contributed by atoms with van der Waals surface area (Å²) in [6, 6.07) is 4.44. The molecule has 1 aromatic carbocycles. The zero-order valence-electron chi connectivity index (χ0n) is 11.2. The van der Waals surface area contributed by atoms with Crippen molar-refractivity contribution in [1.29, 1.82) is 0 Å². The van der Waals surface area contributed by atoms with Crippen molar-refractivity contribution < 1.29 is 14.7 Å². The fourth-order valence-corrected chi connectivity index (χ4v) is 2.38. The number of carboxylic acid groups (broad SMARTS) is 1. The number of carboxylic acids is 1. The van der Waals surface area contributed by atoms with E-state index in [4.69, 9.17) is 5.11 Å². The topological polar surface area (TPSA) is 66.4 Å². The van der Waals surface area contributed by atoms with Gasteiger partial charge in [-0.05, 0) is 36.6 Å². The molecule has 0 saturated heterocycles. The summed E-state index contributed by atoms with van der Waals surface area (Å²) in [6.45, 7) is 5.59. The minimum atomic E-state index is -1.01. The molecule has 0 saturated carbocycles. The van der Waals surface area contributed by atoms with E-state index >= 15 is 0 Å². The number of hydrogen-bond acceptors (Lipinski definition) is 2. The first-order chi connectivity index (χ1) is 8.85. The smallest absolute Gasteiger partial charge is 0.326 e. The van der Waals surface area contributed by atoms with Crippen LogP contribution < -0.4 is 5.32 Å². The Balaban J connectivity index is 2.90. The maximum atomic E-state index is 12.1. The molecule has 0 fully saturated rings. The first kappa shape index (κ1) is 15.7. The van der Waals surface area contributed by atoms with Gasteiger partial charge in [0.1, 0.15) is 6.04 Å². The highest BCUT2D eigenvalue weighted by molar-refractivity contribution is 9.10. The molecule has 0 aliphatic heterocycles. The highest BCUT2D eigenvalue weighted by Gasteiger charge is 2.25. The van der Waals surface area contributed by atoms with Crippen LogP contribution >= 0.6 is 15.9 Å². The molecule has 2 unspecified atom stereocenters. The predicted molar refractivity (Wildman–Crippen MR) is 77.2 cm³/mol. The Morgan fingerprint density at radius 3 is 2.47 bits per heavy atom. The first-order valence-corrected chi connectivity index (χ1v) is 6.95. The summed E-state index contributed by atoms with van der Waals surface area (Å²) in [4.78, 5) is 23.3. The molecular formula is C14H18BrNO3. The number of nitrogens with one attached hydrogen (secondary N) is 1. The van der Waals surface area contributed by atoms with Crippen LogP contribution in [0.5, 0.6) is 0 Å². The van der Waals surface area contributed by atoms with Crippen molar-refractivity contribution >= 4 is 27.8 Å². The fourth-order valence-electron chi connectivity index (χ4n) is 1.78. The van der Waals surface area contributed by atoms with Gasteiger partial charge in [-0.3, -0.25) is 4.79 Å². The molecule has 0 heterocycles. The third kappa shape index (κ3) is 4.35. The van der Waals surface area contributed by atoms with E-state index in [0.29, 0.717) is 12.0 Å². The number of benzene rings is 1. The second-order valence-electron chi connectivity index (χ2n) is 4.69. The summed E-state index contributed by atoms with van der Waals surface area (Å²) < 4.78 is 0.799. The van der Waals surface area contributed by atoms with Crippen LogP contribution in [0.2, 0.25) is 0 Å². The maximum absolute atomic E-state index is 12.1. The lowest BCUT2D eigenvalue weighted by atomic mass is 9.99. The van der Waals surface area contributed by atoms with E-state index in [9.17, 15) is 9.59 Å². The van der Waals surface area contributed by atoms with Crippen molar-refractivity contribution in [3.8, 4) is 0 Å². The van der Waals surface area contributed by atoms with Gasteiger partial charge in [0.15, 0.2) is 0 Å². The molecule has 0 radical (unpaired) electrons. The molecule has 1 aromatic rings. The van der Waals surface area contributed by atoms with Gasteiger partial charge < -0.3 is 10.4 Å². The SMILES string of the molecule is CCC(C)C(NC(=O)c1cc(C)cc(Br)c1)C(=O)O. The molecule has 5 heteroatoms. The van der Waals surface area contributed by atoms with Gasteiger partial charge >= 0.3 is 5.97 Å². The number of aliphatic carboxylic acids is 1. The predicted octanol–water partition coefficient (Wildman–Crippen LogP) is 2.99. The Bertz CT molecular complexity index is 467. The average Bonchev–Trinajstić information content (AvgIpc) is 2.33. The lowest BCUT2D eigenvalue weighted by Crippen LogP contribution is -2.45. The van der Waals surface area contributed by atoms with Crippen LogP contribution in [-0.2, 0) is 4.79 Å². The summed E-state index contributed by atoms with van der Waals surface area (Å²) in [5.74, 6) is -1.48. The van der Waals surface area contributed by atoms with Crippen molar-refractivity contribution in [2.75, 3.05) is 0 Å². The first-order valence-electron chi connectivity index (χ1n) is 6.16. The fraction of sp³-hybridized carbons (Fsp3) is 0.429. The highest BCUT2D eigenvalue weighted by Crippen LogP contribution is 2.16. The largest absolute Gasteiger partial charge is 0.480 e. The van der Waals surface area contributed by atoms with E-state index in [0.717, 1.165) is 10.0 Å². The van der Waals surface area contributed by atoms with Crippen LogP contribution in [0.3, 0.4) is 0 Å². The molecule has 0 aliphatic rings. The van der Waals surface area contributed by atoms with Gasteiger partial charge in [-0.1, -0.05) is 36.2 Å². The molecule has 2 atom stereocenters. The van der Waals surface area contributed by atoms with Gasteiger partial charge in [-0.2, -0.15) is 0 Å². The molecule has 1 amide bonds.